The molecule has 1 aliphatic heterocycles. The summed E-state index contributed by atoms with van der Waals surface area (Å²) in [5, 5.41) is 0. The molecule has 1 aromatic rings. The van der Waals surface area contributed by atoms with Crippen LogP contribution in [0.5, 0.6) is 0 Å². The van der Waals surface area contributed by atoms with Crippen molar-refractivity contribution in [1.29, 1.82) is 0 Å². The van der Waals surface area contributed by atoms with Crippen LogP contribution in [-0.2, 0) is 14.2 Å². The van der Waals surface area contributed by atoms with Crippen molar-refractivity contribution in [2.75, 3.05) is 26.4 Å². The van der Waals surface area contributed by atoms with E-state index < -0.39 is 0 Å². The van der Waals surface area contributed by atoms with Crippen molar-refractivity contribution < 1.29 is 14.2 Å². The molecule has 0 spiro atoms. The Kier molecular flexibility index (Phi) is 6.98. The van der Waals surface area contributed by atoms with Crippen molar-refractivity contribution in [3.8, 4) is 0 Å². The fourth-order valence-electron chi connectivity index (χ4n) is 2.37. The van der Waals surface area contributed by atoms with Crippen LogP contribution < -0.4 is 0 Å². The van der Waals surface area contributed by atoms with Crippen LogP contribution in [0.15, 0.2) is 24.4 Å². The van der Waals surface area contributed by atoms with Crippen LogP contribution in [0.25, 0.3) is 0 Å². The van der Waals surface area contributed by atoms with E-state index in [0.717, 1.165) is 44.8 Å². The van der Waals surface area contributed by atoms with Crippen molar-refractivity contribution in [3.63, 3.8) is 0 Å². The lowest BCUT2D eigenvalue weighted by Crippen LogP contribution is -2.25. The first-order valence-corrected chi connectivity index (χ1v) is 7.62. The number of rotatable bonds is 8. The molecule has 0 bridgehead atoms. The van der Waals surface area contributed by atoms with E-state index in [1.165, 1.54) is 6.42 Å². The zero-order valence-corrected chi connectivity index (χ0v) is 12.3. The van der Waals surface area contributed by atoms with Crippen LogP contribution in [0.3, 0.4) is 0 Å². The monoisotopic (exact) mass is 279 g/mol. The Hall–Kier alpha value is -0.970. The summed E-state index contributed by atoms with van der Waals surface area (Å²) in [4.78, 5) is 4.45. The Labute approximate surface area is 121 Å². The van der Waals surface area contributed by atoms with Crippen LogP contribution in [0.1, 0.15) is 44.2 Å². The molecule has 1 saturated heterocycles. The SMILES string of the molecule is CCOCCC(COC1CCCCO1)c1ccccn1. The zero-order chi connectivity index (χ0) is 14.0. The van der Waals surface area contributed by atoms with E-state index in [-0.39, 0.29) is 12.2 Å². The van der Waals surface area contributed by atoms with Crippen LogP contribution in [0.4, 0.5) is 0 Å². The third-order valence-corrected chi connectivity index (χ3v) is 3.54. The second-order valence-corrected chi connectivity index (χ2v) is 5.07. The van der Waals surface area contributed by atoms with Gasteiger partial charge in [0, 0.05) is 37.6 Å². The topological polar surface area (TPSA) is 40.6 Å². The fourth-order valence-corrected chi connectivity index (χ4v) is 2.37. The van der Waals surface area contributed by atoms with E-state index in [4.69, 9.17) is 14.2 Å². The maximum atomic E-state index is 5.91. The van der Waals surface area contributed by atoms with E-state index in [9.17, 15) is 0 Å². The molecule has 0 radical (unpaired) electrons. The highest BCUT2D eigenvalue weighted by molar-refractivity contribution is 5.09. The molecular weight excluding hydrogens is 254 g/mol. The van der Waals surface area contributed by atoms with Crippen molar-refractivity contribution in [1.82, 2.24) is 4.98 Å². The van der Waals surface area contributed by atoms with Gasteiger partial charge in [0.05, 0.1) is 6.61 Å². The van der Waals surface area contributed by atoms with E-state index in [1.54, 1.807) is 0 Å². The zero-order valence-electron chi connectivity index (χ0n) is 12.3. The molecule has 2 unspecified atom stereocenters. The molecular formula is C16H25NO3. The van der Waals surface area contributed by atoms with Gasteiger partial charge in [-0.2, -0.15) is 0 Å². The second-order valence-electron chi connectivity index (χ2n) is 5.07. The first-order valence-electron chi connectivity index (χ1n) is 7.62. The molecule has 20 heavy (non-hydrogen) atoms. The number of pyridine rings is 1. The molecule has 2 atom stereocenters. The summed E-state index contributed by atoms with van der Waals surface area (Å²) in [6.07, 6.45) is 6.06. The smallest absolute Gasteiger partial charge is 0.157 e. The molecule has 1 aromatic heterocycles. The predicted molar refractivity (Wildman–Crippen MR) is 77.6 cm³/mol. The van der Waals surface area contributed by atoms with Gasteiger partial charge >= 0.3 is 0 Å². The quantitative estimate of drug-likeness (QED) is 0.685. The number of nitrogens with zero attached hydrogens (tertiary/aromatic N) is 1. The molecule has 0 amide bonds. The number of hydrogen-bond donors (Lipinski definition) is 0. The van der Waals surface area contributed by atoms with Crippen LogP contribution >= 0.6 is 0 Å². The average molecular weight is 279 g/mol. The maximum Gasteiger partial charge on any atom is 0.157 e. The molecule has 1 fully saturated rings. The van der Waals surface area contributed by atoms with Gasteiger partial charge in [0.15, 0.2) is 6.29 Å². The van der Waals surface area contributed by atoms with Crippen molar-refractivity contribution in [2.45, 2.75) is 44.8 Å². The highest BCUT2D eigenvalue weighted by Gasteiger charge is 2.18. The Balaban J connectivity index is 1.84. The van der Waals surface area contributed by atoms with Gasteiger partial charge in [0.25, 0.3) is 0 Å². The maximum absolute atomic E-state index is 5.91. The largest absolute Gasteiger partial charge is 0.382 e. The summed E-state index contributed by atoms with van der Waals surface area (Å²) >= 11 is 0. The molecule has 4 heteroatoms. The lowest BCUT2D eigenvalue weighted by molar-refractivity contribution is -0.165. The number of aromatic nitrogens is 1. The molecule has 0 N–H and O–H groups in total. The summed E-state index contributed by atoms with van der Waals surface area (Å²) in [6, 6.07) is 6.02. The molecule has 112 valence electrons. The van der Waals surface area contributed by atoms with Gasteiger partial charge in [-0.15, -0.1) is 0 Å². The molecule has 0 saturated carbocycles. The number of hydrogen-bond acceptors (Lipinski definition) is 4. The molecule has 0 aliphatic carbocycles. The van der Waals surface area contributed by atoms with Crippen molar-refractivity contribution in [3.05, 3.63) is 30.1 Å². The lowest BCUT2D eigenvalue weighted by Gasteiger charge is -2.25. The molecule has 0 aromatic carbocycles. The molecule has 4 nitrogen and oxygen atoms in total. The van der Waals surface area contributed by atoms with Gasteiger partial charge in [-0.25, -0.2) is 0 Å². The van der Waals surface area contributed by atoms with Gasteiger partial charge < -0.3 is 14.2 Å². The summed E-state index contributed by atoms with van der Waals surface area (Å²) in [6.45, 7) is 4.98. The predicted octanol–water partition coefficient (Wildman–Crippen LogP) is 3.14. The van der Waals surface area contributed by atoms with Crippen LogP contribution in [-0.4, -0.2) is 37.7 Å². The van der Waals surface area contributed by atoms with Gasteiger partial charge in [0.1, 0.15) is 0 Å². The summed E-state index contributed by atoms with van der Waals surface area (Å²) < 4.78 is 17.0. The van der Waals surface area contributed by atoms with E-state index in [2.05, 4.69) is 11.1 Å². The summed E-state index contributed by atoms with van der Waals surface area (Å²) in [5.41, 5.74) is 1.07. The Morgan fingerprint density at radius 1 is 1.40 bits per heavy atom. The Bertz CT molecular complexity index is 352. The minimum Gasteiger partial charge on any atom is -0.382 e. The van der Waals surface area contributed by atoms with Crippen LogP contribution in [0, 0.1) is 0 Å². The average Bonchev–Trinajstić information content (AvgIpc) is 2.52. The van der Waals surface area contributed by atoms with Gasteiger partial charge in [-0.05, 0) is 44.7 Å². The fraction of sp³-hybridized carbons (Fsp3) is 0.688. The highest BCUT2D eigenvalue weighted by atomic mass is 16.7. The van der Waals surface area contributed by atoms with Gasteiger partial charge in [0.2, 0.25) is 0 Å². The first kappa shape index (κ1) is 15.4. The molecule has 2 heterocycles. The summed E-state index contributed by atoms with van der Waals surface area (Å²) in [7, 11) is 0. The van der Waals surface area contributed by atoms with Crippen molar-refractivity contribution >= 4 is 0 Å². The lowest BCUT2D eigenvalue weighted by atomic mass is 10.0. The number of ether oxygens (including phenoxy) is 3. The Morgan fingerprint density at radius 3 is 3.05 bits per heavy atom. The second kappa shape index (κ2) is 9.06. The van der Waals surface area contributed by atoms with Gasteiger partial charge in [-0.3, -0.25) is 4.98 Å². The normalized spacial score (nSPS) is 20.8. The third kappa shape index (κ3) is 5.19. The minimum atomic E-state index is -0.0398. The standard InChI is InChI=1S/C16H25NO3/c1-2-18-12-9-14(15-7-3-5-10-17-15)13-20-16-8-4-6-11-19-16/h3,5,7,10,14,16H,2,4,6,8-9,11-13H2,1H3. The van der Waals surface area contributed by atoms with Crippen molar-refractivity contribution in [2.24, 2.45) is 0 Å². The third-order valence-electron chi connectivity index (χ3n) is 3.54. The van der Waals surface area contributed by atoms with Crippen LogP contribution in [0.2, 0.25) is 0 Å². The highest BCUT2D eigenvalue weighted by Crippen LogP contribution is 2.21. The molecule has 2 rings (SSSR count). The van der Waals surface area contributed by atoms with E-state index in [0.29, 0.717) is 6.61 Å². The minimum absolute atomic E-state index is 0.0398. The molecule has 1 aliphatic rings. The van der Waals surface area contributed by atoms with E-state index in [1.807, 2.05) is 25.3 Å². The Morgan fingerprint density at radius 2 is 2.35 bits per heavy atom. The first-order chi connectivity index (χ1) is 9.90. The van der Waals surface area contributed by atoms with Gasteiger partial charge in [-0.1, -0.05) is 6.07 Å². The van der Waals surface area contributed by atoms with E-state index >= 15 is 0 Å². The summed E-state index contributed by atoms with van der Waals surface area (Å²) in [5.74, 6) is 0.272.